The second-order valence-electron chi connectivity index (χ2n) is 4.90. The smallest absolute Gasteiger partial charge is 0.225 e. The average Bonchev–Trinajstić information content (AvgIpc) is 2.79. The van der Waals surface area contributed by atoms with E-state index in [2.05, 4.69) is 26.0 Å². The fourth-order valence-corrected chi connectivity index (χ4v) is 2.67. The van der Waals surface area contributed by atoms with E-state index in [1.807, 2.05) is 30.3 Å². The molecule has 2 atom stereocenters. The van der Waals surface area contributed by atoms with Crippen LogP contribution in [-0.2, 0) is 4.79 Å². The number of rotatable bonds is 3. The first-order valence-electron chi connectivity index (χ1n) is 5.46. The molecule has 0 N–H and O–H groups in total. The van der Waals surface area contributed by atoms with Crippen molar-refractivity contribution in [3.63, 3.8) is 0 Å². The van der Waals surface area contributed by atoms with E-state index in [1.54, 1.807) is 0 Å². The number of hydrogen-bond acceptors (Lipinski definition) is 1. The van der Waals surface area contributed by atoms with Crippen molar-refractivity contribution in [2.45, 2.75) is 13.8 Å². The lowest BCUT2D eigenvalue weighted by Gasteiger charge is -1.96. The van der Waals surface area contributed by atoms with Crippen LogP contribution in [0.1, 0.15) is 19.4 Å². The molecule has 0 bridgehead atoms. The molecule has 1 aliphatic rings. The van der Waals surface area contributed by atoms with E-state index in [0.29, 0.717) is 0 Å². The number of halogens is 1. The van der Waals surface area contributed by atoms with Crippen molar-refractivity contribution < 1.29 is 4.79 Å². The normalized spacial score (nSPS) is 26.9. The average molecular weight is 235 g/mol. The summed E-state index contributed by atoms with van der Waals surface area (Å²) in [6.07, 6.45) is 4.16. The highest BCUT2D eigenvalue weighted by atomic mass is 35.5. The zero-order valence-electron chi connectivity index (χ0n) is 9.48. The predicted molar refractivity (Wildman–Crippen MR) is 67.1 cm³/mol. The molecule has 0 aliphatic heterocycles. The van der Waals surface area contributed by atoms with Crippen molar-refractivity contribution in [1.82, 2.24) is 0 Å². The Hall–Kier alpha value is -1.08. The first-order valence-corrected chi connectivity index (χ1v) is 5.84. The second-order valence-corrected chi connectivity index (χ2v) is 5.27. The first-order chi connectivity index (χ1) is 7.53. The Kier molecular flexibility index (Phi) is 2.90. The van der Waals surface area contributed by atoms with Gasteiger partial charge in [-0.3, -0.25) is 4.79 Å². The molecule has 0 spiro atoms. The molecule has 0 radical (unpaired) electrons. The minimum Gasteiger partial charge on any atom is -0.281 e. The summed E-state index contributed by atoms with van der Waals surface area (Å²) in [7, 11) is 0. The molecule has 0 saturated heterocycles. The summed E-state index contributed by atoms with van der Waals surface area (Å²) in [5, 5.41) is -0.215. The molecule has 1 fully saturated rings. The van der Waals surface area contributed by atoms with Crippen LogP contribution in [0.25, 0.3) is 6.08 Å². The molecule has 84 valence electrons. The zero-order chi connectivity index (χ0) is 11.8. The molecule has 16 heavy (non-hydrogen) atoms. The molecule has 1 nitrogen and oxygen atoms in total. The summed E-state index contributed by atoms with van der Waals surface area (Å²) in [5.41, 5.74) is 1.18. The van der Waals surface area contributed by atoms with Crippen LogP contribution in [-0.4, -0.2) is 5.24 Å². The Morgan fingerprint density at radius 1 is 1.31 bits per heavy atom. The summed E-state index contributed by atoms with van der Waals surface area (Å²) < 4.78 is 0. The number of allylic oxidation sites excluding steroid dienone is 1. The monoisotopic (exact) mass is 234 g/mol. The standard InChI is InChI=1S/C14H15ClO/c1-14(2)11(12(14)13(15)16)9-8-10-6-4-3-5-7-10/h3-9,11-12H,1-2H3. The minimum atomic E-state index is -0.215. The maximum atomic E-state index is 11.2. The van der Waals surface area contributed by atoms with Crippen LogP contribution in [0.5, 0.6) is 0 Å². The molecule has 2 unspecified atom stereocenters. The minimum absolute atomic E-state index is 0.0180. The van der Waals surface area contributed by atoms with Crippen LogP contribution in [0, 0.1) is 17.3 Å². The van der Waals surface area contributed by atoms with Gasteiger partial charge in [0.25, 0.3) is 0 Å². The fourth-order valence-electron chi connectivity index (χ4n) is 2.25. The van der Waals surface area contributed by atoms with Gasteiger partial charge in [-0.1, -0.05) is 56.3 Å². The van der Waals surface area contributed by atoms with Gasteiger partial charge in [-0.25, -0.2) is 0 Å². The lowest BCUT2D eigenvalue weighted by Crippen LogP contribution is -1.96. The highest BCUT2D eigenvalue weighted by Crippen LogP contribution is 2.60. The van der Waals surface area contributed by atoms with Crippen LogP contribution in [0.15, 0.2) is 36.4 Å². The van der Waals surface area contributed by atoms with Crippen LogP contribution in [0.3, 0.4) is 0 Å². The molecule has 0 heterocycles. The van der Waals surface area contributed by atoms with Gasteiger partial charge in [0.15, 0.2) is 0 Å². The molecule has 0 amide bonds. The summed E-state index contributed by atoms with van der Waals surface area (Å²) in [4.78, 5) is 11.2. The third-order valence-electron chi connectivity index (χ3n) is 3.45. The van der Waals surface area contributed by atoms with Gasteiger partial charge in [0, 0.05) is 5.92 Å². The third-order valence-corrected chi connectivity index (χ3v) is 3.69. The van der Waals surface area contributed by atoms with Gasteiger partial charge >= 0.3 is 0 Å². The van der Waals surface area contributed by atoms with Crippen molar-refractivity contribution in [3.8, 4) is 0 Å². The van der Waals surface area contributed by atoms with Gasteiger partial charge < -0.3 is 0 Å². The molecule has 1 aliphatic carbocycles. The molecule has 2 heteroatoms. The summed E-state index contributed by atoms with van der Waals surface area (Å²) in [6.45, 7) is 4.16. The summed E-state index contributed by atoms with van der Waals surface area (Å²) in [6, 6.07) is 10.1. The maximum absolute atomic E-state index is 11.2. The van der Waals surface area contributed by atoms with Gasteiger partial charge in [0.05, 0.1) is 0 Å². The molecular formula is C14H15ClO. The highest BCUT2D eigenvalue weighted by Gasteiger charge is 2.59. The number of carbonyl (C=O) groups is 1. The van der Waals surface area contributed by atoms with Gasteiger partial charge in [-0.05, 0) is 28.5 Å². The Labute approximate surface area is 101 Å². The topological polar surface area (TPSA) is 17.1 Å². The van der Waals surface area contributed by atoms with Crippen LogP contribution >= 0.6 is 11.6 Å². The summed E-state index contributed by atoms with van der Waals surface area (Å²) >= 11 is 5.56. The van der Waals surface area contributed by atoms with Crippen LogP contribution in [0.2, 0.25) is 0 Å². The molecule has 2 rings (SSSR count). The Morgan fingerprint density at radius 2 is 1.94 bits per heavy atom. The largest absolute Gasteiger partial charge is 0.281 e. The Morgan fingerprint density at radius 3 is 2.44 bits per heavy atom. The molecular weight excluding hydrogens is 220 g/mol. The van der Waals surface area contributed by atoms with E-state index in [0.717, 1.165) is 5.56 Å². The molecule has 0 aromatic heterocycles. The van der Waals surface area contributed by atoms with Crippen LogP contribution < -0.4 is 0 Å². The van der Waals surface area contributed by atoms with Crippen molar-refractivity contribution in [1.29, 1.82) is 0 Å². The maximum Gasteiger partial charge on any atom is 0.225 e. The van der Waals surface area contributed by atoms with E-state index in [4.69, 9.17) is 11.6 Å². The first kappa shape index (κ1) is 11.4. The van der Waals surface area contributed by atoms with Gasteiger partial charge in [-0.2, -0.15) is 0 Å². The SMILES string of the molecule is CC1(C)C(C=Cc2ccccc2)C1C(=O)Cl. The van der Waals surface area contributed by atoms with Gasteiger partial charge in [0.2, 0.25) is 5.24 Å². The Bertz CT molecular complexity index is 420. The van der Waals surface area contributed by atoms with E-state index >= 15 is 0 Å². The fraction of sp³-hybridized carbons (Fsp3) is 0.357. The van der Waals surface area contributed by atoms with E-state index in [-0.39, 0.29) is 22.5 Å². The summed E-state index contributed by atoms with van der Waals surface area (Å²) in [5.74, 6) is 0.256. The van der Waals surface area contributed by atoms with Crippen molar-refractivity contribution in [2.75, 3.05) is 0 Å². The van der Waals surface area contributed by atoms with Gasteiger partial charge in [0.1, 0.15) is 0 Å². The predicted octanol–water partition coefficient (Wildman–Crippen LogP) is 3.74. The third kappa shape index (κ3) is 2.05. The van der Waals surface area contributed by atoms with Crippen LogP contribution in [0.4, 0.5) is 0 Å². The van der Waals surface area contributed by atoms with E-state index in [9.17, 15) is 4.79 Å². The van der Waals surface area contributed by atoms with Crippen molar-refractivity contribution in [3.05, 3.63) is 42.0 Å². The number of benzene rings is 1. The zero-order valence-corrected chi connectivity index (χ0v) is 10.2. The lowest BCUT2D eigenvalue weighted by atomic mass is 10.1. The van der Waals surface area contributed by atoms with Gasteiger partial charge in [-0.15, -0.1) is 0 Å². The highest BCUT2D eigenvalue weighted by molar-refractivity contribution is 6.64. The number of carbonyl (C=O) groups excluding carboxylic acids is 1. The van der Waals surface area contributed by atoms with E-state index < -0.39 is 0 Å². The second kappa shape index (κ2) is 4.06. The molecule has 1 aromatic carbocycles. The molecule has 1 saturated carbocycles. The number of hydrogen-bond donors (Lipinski definition) is 0. The lowest BCUT2D eigenvalue weighted by molar-refractivity contribution is -0.113. The molecule has 1 aromatic rings. The van der Waals surface area contributed by atoms with Crippen molar-refractivity contribution >= 4 is 22.9 Å². The van der Waals surface area contributed by atoms with Crippen molar-refractivity contribution in [2.24, 2.45) is 17.3 Å². The quantitative estimate of drug-likeness (QED) is 0.729. The Balaban J connectivity index is 2.08. The van der Waals surface area contributed by atoms with E-state index in [1.165, 1.54) is 0 Å².